The molecule has 1 saturated heterocycles. The average Bonchev–Trinajstić information content (AvgIpc) is 3.53. The van der Waals surface area contributed by atoms with E-state index in [0.717, 1.165) is 43.4 Å². The van der Waals surface area contributed by atoms with Crippen LogP contribution in [0.2, 0.25) is 0 Å². The second-order valence-electron chi connectivity index (χ2n) is 9.58. The van der Waals surface area contributed by atoms with Crippen LogP contribution < -0.4 is 10.0 Å². The van der Waals surface area contributed by atoms with Crippen LogP contribution in [-0.4, -0.2) is 44.8 Å². The Labute approximate surface area is 202 Å². The fourth-order valence-electron chi connectivity index (χ4n) is 4.46. The van der Waals surface area contributed by atoms with E-state index in [2.05, 4.69) is 23.9 Å². The second-order valence-corrected chi connectivity index (χ2v) is 11.3. The van der Waals surface area contributed by atoms with Crippen LogP contribution in [0.1, 0.15) is 63.0 Å². The quantitative estimate of drug-likeness (QED) is 0.503. The third kappa shape index (κ3) is 5.27. The Bertz CT molecular complexity index is 1140. The smallest absolute Gasteiger partial charge is 0.261 e. The van der Waals surface area contributed by atoms with Gasteiger partial charge in [0.1, 0.15) is 0 Å². The van der Waals surface area contributed by atoms with E-state index in [-0.39, 0.29) is 16.7 Å². The van der Waals surface area contributed by atoms with Gasteiger partial charge in [-0.25, -0.2) is 8.42 Å². The third-order valence-electron chi connectivity index (χ3n) is 6.79. The van der Waals surface area contributed by atoms with Gasteiger partial charge < -0.3 is 10.2 Å². The van der Waals surface area contributed by atoms with E-state index in [1.54, 1.807) is 24.3 Å². The van der Waals surface area contributed by atoms with Crippen molar-refractivity contribution in [2.45, 2.75) is 62.2 Å². The third-order valence-corrected chi connectivity index (χ3v) is 8.19. The predicted molar refractivity (Wildman–Crippen MR) is 132 cm³/mol. The summed E-state index contributed by atoms with van der Waals surface area (Å²) in [6.07, 6.45) is 3.84. The Morgan fingerprint density at radius 3 is 2.29 bits per heavy atom. The highest BCUT2D eigenvalue weighted by molar-refractivity contribution is 7.92. The standard InChI is InChI=1S/C26H33N3O4S/c1-19(2)20-6-12-23(13-7-20)34(32,33)28-22-10-8-21(9-11-22)26(14-15-26)25(31)27-16-4-18-29-17-3-5-24(29)30/h6-13,19,28H,3-5,14-18H2,1-2H3,(H,27,31). The molecule has 2 fully saturated rings. The lowest BCUT2D eigenvalue weighted by atomic mass is 9.95. The number of amides is 2. The van der Waals surface area contributed by atoms with Gasteiger partial charge in [0.2, 0.25) is 11.8 Å². The number of carbonyl (C=O) groups is 2. The predicted octanol–water partition coefficient (Wildman–Crippen LogP) is 3.77. The van der Waals surface area contributed by atoms with E-state index < -0.39 is 15.4 Å². The Hall–Kier alpha value is -2.87. The van der Waals surface area contributed by atoms with Crippen LogP contribution in [0, 0.1) is 0 Å². The topological polar surface area (TPSA) is 95.6 Å². The molecule has 1 aliphatic heterocycles. The molecular weight excluding hydrogens is 450 g/mol. The number of likely N-dealkylation sites (tertiary alicyclic amines) is 1. The first-order chi connectivity index (χ1) is 16.2. The number of nitrogens with zero attached hydrogens (tertiary/aromatic N) is 1. The number of anilines is 1. The molecule has 0 atom stereocenters. The summed E-state index contributed by atoms with van der Waals surface area (Å²) < 4.78 is 28.1. The van der Waals surface area contributed by atoms with Gasteiger partial charge in [-0.05, 0) is 67.0 Å². The van der Waals surface area contributed by atoms with Gasteiger partial charge in [-0.3, -0.25) is 14.3 Å². The first-order valence-corrected chi connectivity index (χ1v) is 13.5. The summed E-state index contributed by atoms with van der Waals surface area (Å²) in [5.41, 5.74) is 1.90. The molecule has 0 unspecified atom stereocenters. The molecule has 1 aliphatic carbocycles. The summed E-state index contributed by atoms with van der Waals surface area (Å²) >= 11 is 0. The molecule has 4 rings (SSSR count). The Morgan fingerprint density at radius 2 is 1.74 bits per heavy atom. The van der Waals surface area contributed by atoms with E-state index >= 15 is 0 Å². The zero-order valence-corrected chi connectivity index (χ0v) is 20.7. The Kier molecular flexibility index (Phi) is 6.98. The number of hydrogen-bond acceptors (Lipinski definition) is 4. The maximum atomic E-state index is 12.9. The van der Waals surface area contributed by atoms with Crippen molar-refractivity contribution in [3.63, 3.8) is 0 Å². The number of nitrogens with one attached hydrogen (secondary N) is 2. The van der Waals surface area contributed by atoms with E-state index in [4.69, 9.17) is 0 Å². The molecule has 7 nitrogen and oxygen atoms in total. The fraction of sp³-hybridized carbons (Fsp3) is 0.462. The van der Waals surface area contributed by atoms with Gasteiger partial charge >= 0.3 is 0 Å². The summed E-state index contributed by atoms with van der Waals surface area (Å²) in [4.78, 5) is 26.6. The summed E-state index contributed by atoms with van der Waals surface area (Å²) in [5, 5.41) is 3.02. The molecule has 1 saturated carbocycles. The van der Waals surface area contributed by atoms with Crippen LogP contribution in [-0.2, 0) is 25.0 Å². The summed E-state index contributed by atoms with van der Waals surface area (Å²) in [6, 6.07) is 14.0. The molecule has 2 aromatic carbocycles. The van der Waals surface area contributed by atoms with Gasteiger partial charge in [0.25, 0.3) is 10.0 Å². The van der Waals surface area contributed by atoms with Crippen LogP contribution in [0.4, 0.5) is 5.69 Å². The van der Waals surface area contributed by atoms with Crippen LogP contribution >= 0.6 is 0 Å². The van der Waals surface area contributed by atoms with Gasteiger partial charge in [0.15, 0.2) is 0 Å². The van der Waals surface area contributed by atoms with Crippen molar-refractivity contribution in [2.75, 3.05) is 24.4 Å². The van der Waals surface area contributed by atoms with Crippen molar-refractivity contribution in [3.8, 4) is 0 Å². The van der Waals surface area contributed by atoms with Gasteiger partial charge in [0, 0.05) is 31.7 Å². The highest BCUT2D eigenvalue weighted by atomic mass is 32.2. The molecule has 2 amide bonds. The van der Waals surface area contributed by atoms with Gasteiger partial charge in [0.05, 0.1) is 10.3 Å². The van der Waals surface area contributed by atoms with Crippen molar-refractivity contribution >= 4 is 27.5 Å². The van der Waals surface area contributed by atoms with E-state index in [9.17, 15) is 18.0 Å². The van der Waals surface area contributed by atoms with Gasteiger partial charge in [-0.1, -0.05) is 38.1 Å². The molecule has 0 bridgehead atoms. The van der Waals surface area contributed by atoms with Crippen LogP contribution in [0.3, 0.4) is 0 Å². The lowest BCUT2D eigenvalue weighted by molar-refractivity contribution is -0.127. The van der Waals surface area contributed by atoms with E-state index in [1.807, 2.05) is 29.2 Å². The Morgan fingerprint density at radius 1 is 1.06 bits per heavy atom. The molecular formula is C26H33N3O4S. The molecule has 0 aromatic heterocycles. The van der Waals surface area contributed by atoms with Crippen molar-refractivity contribution < 1.29 is 18.0 Å². The van der Waals surface area contributed by atoms with Crippen LogP contribution in [0.5, 0.6) is 0 Å². The maximum absolute atomic E-state index is 12.9. The highest BCUT2D eigenvalue weighted by Gasteiger charge is 2.51. The zero-order chi connectivity index (χ0) is 24.3. The molecule has 182 valence electrons. The van der Waals surface area contributed by atoms with Crippen molar-refractivity contribution in [1.29, 1.82) is 0 Å². The molecule has 34 heavy (non-hydrogen) atoms. The van der Waals surface area contributed by atoms with E-state index in [1.165, 1.54) is 0 Å². The number of rotatable bonds is 10. The zero-order valence-electron chi connectivity index (χ0n) is 19.8. The number of sulfonamides is 1. The summed E-state index contributed by atoms with van der Waals surface area (Å²) in [5.74, 6) is 0.533. The molecule has 2 N–H and O–H groups in total. The number of benzene rings is 2. The van der Waals surface area contributed by atoms with Gasteiger partial charge in [-0.15, -0.1) is 0 Å². The minimum Gasteiger partial charge on any atom is -0.355 e. The largest absolute Gasteiger partial charge is 0.355 e. The number of carbonyl (C=O) groups excluding carboxylic acids is 2. The van der Waals surface area contributed by atoms with Crippen molar-refractivity contribution in [2.24, 2.45) is 0 Å². The molecule has 8 heteroatoms. The minimum absolute atomic E-state index is 0.00109. The first-order valence-electron chi connectivity index (χ1n) is 12.0. The van der Waals surface area contributed by atoms with Crippen molar-refractivity contribution in [1.82, 2.24) is 10.2 Å². The normalized spacial score (nSPS) is 17.1. The molecule has 2 aromatic rings. The van der Waals surface area contributed by atoms with Crippen LogP contribution in [0.25, 0.3) is 0 Å². The lowest BCUT2D eigenvalue weighted by Gasteiger charge is -2.18. The first kappa shape index (κ1) is 24.3. The monoisotopic (exact) mass is 483 g/mol. The number of hydrogen-bond donors (Lipinski definition) is 2. The SMILES string of the molecule is CC(C)c1ccc(S(=O)(=O)Nc2ccc(C3(C(=O)NCCCN4CCCC4=O)CC3)cc2)cc1. The minimum atomic E-state index is -3.69. The molecule has 0 spiro atoms. The maximum Gasteiger partial charge on any atom is 0.261 e. The van der Waals surface area contributed by atoms with Gasteiger partial charge in [-0.2, -0.15) is 0 Å². The lowest BCUT2D eigenvalue weighted by Crippen LogP contribution is -2.36. The molecule has 1 heterocycles. The molecule has 0 radical (unpaired) electrons. The highest BCUT2D eigenvalue weighted by Crippen LogP contribution is 2.48. The Balaban J connectivity index is 1.33. The van der Waals surface area contributed by atoms with Crippen molar-refractivity contribution in [3.05, 3.63) is 59.7 Å². The summed E-state index contributed by atoms with van der Waals surface area (Å²) in [6.45, 7) is 6.16. The summed E-state index contributed by atoms with van der Waals surface area (Å²) in [7, 11) is -3.69. The van der Waals surface area contributed by atoms with Crippen LogP contribution in [0.15, 0.2) is 53.4 Å². The fourth-order valence-corrected chi connectivity index (χ4v) is 5.52. The second kappa shape index (κ2) is 9.78. The van der Waals surface area contributed by atoms with E-state index in [0.29, 0.717) is 31.1 Å². The average molecular weight is 484 g/mol. The molecule has 2 aliphatic rings.